The number of carbonyl (C=O) groups excluding carboxylic acids is 1. The van der Waals surface area contributed by atoms with Gasteiger partial charge in [-0.05, 0) is 19.1 Å². The Morgan fingerprint density at radius 2 is 2.13 bits per heavy atom. The van der Waals surface area contributed by atoms with Gasteiger partial charge in [-0.25, -0.2) is 0 Å². The summed E-state index contributed by atoms with van der Waals surface area (Å²) in [6, 6.07) is 6.92. The van der Waals surface area contributed by atoms with Gasteiger partial charge in [-0.15, -0.1) is 0 Å². The lowest BCUT2D eigenvalue weighted by Crippen LogP contribution is -1.91. The summed E-state index contributed by atoms with van der Waals surface area (Å²) in [7, 11) is 0. The number of rotatable bonds is 4. The number of Topliss-reactive ketones (excluding diaryl/α,β-unsaturated/α-hetero) is 1. The van der Waals surface area contributed by atoms with Crippen LogP contribution in [0, 0.1) is 0 Å². The van der Waals surface area contributed by atoms with Crippen LogP contribution in [-0.2, 0) is 0 Å². The van der Waals surface area contributed by atoms with Crippen LogP contribution in [-0.4, -0.2) is 17.4 Å². The Morgan fingerprint density at radius 3 is 2.73 bits per heavy atom. The highest BCUT2D eigenvalue weighted by Gasteiger charge is 2.04. The number of carbonyl (C=O) groups is 1. The molecule has 0 bridgehead atoms. The van der Waals surface area contributed by atoms with Crippen molar-refractivity contribution in [1.82, 2.24) is 0 Å². The van der Waals surface area contributed by atoms with Crippen LogP contribution in [0.15, 0.2) is 46.8 Å². The summed E-state index contributed by atoms with van der Waals surface area (Å²) < 4.78 is 0. The largest absolute Gasteiger partial charge is 0.511 e. The van der Waals surface area contributed by atoms with Crippen molar-refractivity contribution < 1.29 is 9.90 Å². The van der Waals surface area contributed by atoms with Crippen LogP contribution in [0.2, 0.25) is 0 Å². The Kier molecular flexibility index (Phi) is 3.74. The summed E-state index contributed by atoms with van der Waals surface area (Å²) in [4.78, 5) is 11.2. The van der Waals surface area contributed by atoms with Gasteiger partial charge >= 0.3 is 0 Å². The van der Waals surface area contributed by atoms with Gasteiger partial charge in [-0.1, -0.05) is 18.7 Å². The molecule has 0 spiro atoms. The van der Waals surface area contributed by atoms with Crippen LogP contribution in [0.25, 0.3) is 0 Å². The molecule has 1 aromatic carbocycles. The Bertz CT molecular complexity index is 411. The van der Waals surface area contributed by atoms with Crippen molar-refractivity contribution in [1.29, 1.82) is 0 Å². The van der Waals surface area contributed by atoms with E-state index in [9.17, 15) is 4.79 Å². The third-order valence-corrected chi connectivity index (χ3v) is 1.72. The molecule has 0 atom stereocenters. The van der Waals surface area contributed by atoms with E-state index in [0.29, 0.717) is 11.3 Å². The summed E-state index contributed by atoms with van der Waals surface area (Å²) >= 11 is 0. The smallest absolute Gasteiger partial charge is 0.162 e. The Hall–Kier alpha value is -1.97. The topological polar surface area (TPSA) is 62.0 Å². The van der Waals surface area contributed by atoms with Crippen LogP contribution in [0.5, 0.6) is 0 Å². The first-order chi connectivity index (χ1) is 7.11. The number of aliphatic hydroxyl groups excluding tert-OH is 1. The van der Waals surface area contributed by atoms with E-state index in [1.54, 1.807) is 24.3 Å². The number of ketones is 1. The maximum absolute atomic E-state index is 11.2. The fraction of sp³-hybridized carbons (Fsp3) is 0.182. The molecule has 1 rings (SSSR count). The molecule has 78 valence electrons. The molecule has 0 amide bonds. The van der Waals surface area contributed by atoms with Crippen LogP contribution in [0.1, 0.15) is 17.3 Å². The molecule has 0 unspecified atom stereocenters. The van der Waals surface area contributed by atoms with E-state index in [1.807, 2.05) is 0 Å². The molecule has 0 saturated carbocycles. The standard InChI is InChI=1S/C11H12N2O2/c1-8(14)7-12-13-11-6-4-3-5-10(11)9(2)15/h3-6,14H,1,7H2,2H3. The highest BCUT2D eigenvalue weighted by atomic mass is 16.3. The fourth-order valence-electron chi connectivity index (χ4n) is 1.05. The summed E-state index contributed by atoms with van der Waals surface area (Å²) in [5.41, 5.74) is 1.02. The highest BCUT2D eigenvalue weighted by Crippen LogP contribution is 2.19. The lowest BCUT2D eigenvalue weighted by molar-refractivity contribution is 0.101. The lowest BCUT2D eigenvalue weighted by Gasteiger charge is -1.99. The van der Waals surface area contributed by atoms with Crippen molar-refractivity contribution in [2.75, 3.05) is 6.54 Å². The predicted molar refractivity (Wildman–Crippen MR) is 57.6 cm³/mol. The monoisotopic (exact) mass is 204 g/mol. The molecule has 0 aromatic heterocycles. The Labute approximate surface area is 88.0 Å². The fourth-order valence-corrected chi connectivity index (χ4v) is 1.05. The molecule has 0 aliphatic rings. The minimum absolute atomic E-state index is 0.0479. The van der Waals surface area contributed by atoms with E-state index in [1.165, 1.54) is 6.92 Å². The van der Waals surface area contributed by atoms with E-state index in [0.717, 1.165) is 0 Å². The maximum Gasteiger partial charge on any atom is 0.162 e. The number of hydrogen-bond donors (Lipinski definition) is 1. The molecule has 1 aromatic rings. The SMILES string of the molecule is C=C(O)CN=Nc1ccccc1C(C)=O. The van der Waals surface area contributed by atoms with Gasteiger partial charge in [0.25, 0.3) is 0 Å². The second-order valence-corrected chi connectivity index (χ2v) is 3.04. The molecule has 0 heterocycles. The van der Waals surface area contributed by atoms with E-state index >= 15 is 0 Å². The van der Waals surface area contributed by atoms with E-state index in [-0.39, 0.29) is 18.1 Å². The zero-order valence-corrected chi connectivity index (χ0v) is 8.47. The zero-order valence-electron chi connectivity index (χ0n) is 8.47. The first-order valence-electron chi connectivity index (χ1n) is 4.45. The highest BCUT2D eigenvalue weighted by molar-refractivity contribution is 5.98. The quantitative estimate of drug-likeness (QED) is 0.465. The van der Waals surface area contributed by atoms with E-state index < -0.39 is 0 Å². The summed E-state index contributed by atoms with van der Waals surface area (Å²) in [5.74, 6) is -0.119. The molecule has 0 saturated heterocycles. The molecule has 1 N–H and O–H groups in total. The van der Waals surface area contributed by atoms with Gasteiger partial charge in [0.1, 0.15) is 12.3 Å². The summed E-state index contributed by atoms with van der Waals surface area (Å²) in [5, 5.41) is 16.4. The van der Waals surface area contributed by atoms with Crippen molar-refractivity contribution in [3.8, 4) is 0 Å². The minimum atomic E-state index is -0.0626. The second-order valence-electron chi connectivity index (χ2n) is 3.04. The third-order valence-electron chi connectivity index (χ3n) is 1.72. The summed E-state index contributed by atoms with van der Waals surface area (Å²) in [6.45, 7) is 4.80. The first kappa shape index (κ1) is 11.1. The molecule has 0 aliphatic carbocycles. The normalized spacial score (nSPS) is 10.5. The van der Waals surface area contributed by atoms with Gasteiger partial charge in [-0.2, -0.15) is 10.2 Å². The van der Waals surface area contributed by atoms with Crippen molar-refractivity contribution in [3.63, 3.8) is 0 Å². The van der Waals surface area contributed by atoms with Gasteiger partial charge in [0.05, 0.1) is 5.69 Å². The number of nitrogens with zero attached hydrogens (tertiary/aromatic N) is 2. The third kappa shape index (κ3) is 3.34. The van der Waals surface area contributed by atoms with Crippen LogP contribution in [0.4, 0.5) is 5.69 Å². The number of azo groups is 1. The number of hydrogen-bond acceptors (Lipinski definition) is 4. The van der Waals surface area contributed by atoms with Gasteiger partial charge < -0.3 is 5.11 Å². The van der Waals surface area contributed by atoms with Crippen LogP contribution in [0.3, 0.4) is 0 Å². The van der Waals surface area contributed by atoms with E-state index in [4.69, 9.17) is 5.11 Å². The molecule has 15 heavy (non-hydrogen) atoms. The van der Waals surface area contributed by atoms with Crippen LogP contribution < -0.4 is 0 Å². The molecule has 4 heteroatoms. The number of aliphatic hydroxyl groups is 1. The Balaban J connectivity index is 2.89. The van der Waals surface area contributed by atoms with Crippen molar-refractivity contribution >= 4 is 11.5 Å². The average Bonchev–Trinajstić information content (AvgIpc) is 2.17. The van der Waals surface area contributed by atoms with Gasteiger partial charge in [-0.3, -0.25) is 4.79 Å². The summed E-state index contributed by atoms with van der Waals surface area (Å²) in [6.07, 6.45) is 0. The molecular formula is C11H12N2O2. The van der Waals surface area contributed by atoms with Crippen molar-refractivity contribution in [2.24, 2.45) is 10.2 Å². The first-order valence-corrected chi connectivity index (χ1v) is 4.45. The molecule has 0 radical (unpaired) electrons. The predicted octanol–water partition coefficient (Wildman–Crippen LogP) is 3.04. The maximum atomic E-state index is 11.2. The van der Waals surface area contributed by atoms with E-state index in [2.05, 4.69) is 16.8 Å². The van der Waals surface area contributed by atoms with Gasteiger partial charge in [0.15, 0.2) is 5.78 Å². The van der Waals surface area contributed by atoms with Gasteiger partial charge in [0, 0.05) is 5.56 Å². The minimum Gasteiger partial charge on any atom is -0.511 e. The molecule has 0 fully saturated rings. The Morgan fingerprint density at radius 1 is 1.47 bits per heavy atom. The second kappa shape index (κ2) is 5.05. The number of benzene rings is 1. The zero-order chi connectivity index (χ0) is 11.3. The molecule has 0 aliphatic heterocycles. The van der Waals surface area contributed by atoms with Crippen molar-refractivity contribution in [2.45, 2.75) is 6.92 Å². The molecule has 4 nitrogen and oxygen atoms in total. The lowest BCUT2D eigenvalue weighted by atomic mass is 10.1. The van der Waals surface area contributed by atoms with Crippen molar-refractivity contribution in [3.05, 3.63) is 42.2 Å². The average molecular weight is 204 g/mol. The van der Waals surface area contributed by atoms with Gasteiger partial charge in [0.2, 0.25) is 0 Å². The molecular weight excluding hydrogens is 192 g/mol. The van der Waals surface area contributed by atoms with Crippen LogP contribution >= 0.6 is 0 Å².